The standard InChI is InChI=1S/C30H35NO6/c1-33-25-11-10-22(16-26(25)34-2)19-30(14-12-29(32)37-20-21-8-6-5-7-9-21)24-18-28(36-4)27(35-3)17-23(24)13-15-31-30/h5-11,16-18,31H,12-15,19-20H2,1-4H3/t30-/m1/s1. The second-order valence-electron chi connectivity index (χ2n) is 9.14. The summed E-state index contributed by atoms with van der Waals surface area (Å²) < 4.78 is 27.8. The number of rotatable bonds is 11. The molecule has 1 aliphatic rings. The van der Waals surface area contributed by atoms with Crippen molar-refractivity contribution in [2.24, 2.45) is 0 Å². The van der Waals surface area contributed by atoms with Crippen molar-refractivity contribution in [3.63, 3.8) is 0 Å². The van der Waals surface area contributed by atoms with Crippen molar-refractivity contribution in [1.29, 1.82) is 0 Å². The Labute approximate surface area is 218 Å². The Morgan fingerprint density at radius 3 is 2.19 bits per heavy atom. The molecule has 0 amide bonds. The number of hydrogen-bond donors (Lipinski definition) is 1. The van der Waals surface area contributed by atoms with Crippen molar-refractivity contribution in [2.75, 3.05) is 35.0 Å². The molecule has 0 aromatic heterocycles. The Hall–Kier alpha value is -3.71. The van der Waals surface area contributed by atoms with E-state index in [9.17, 15) is 4.79 Å². The average molecular weight is 506 g/mol. The van der Waals surface area contributed by atoms with Gasteiger partial charge in [-0.15, -0.1) is 0 Å². The Morgan fingerprint density at radius 2 is 1.49 bits per heavy atom. The molecule has 1 aliphatic heterocycles. The monoisotopic (exact) mass is 505 g/mol. The van der Waals surface area contributed by atoms with Gasteiger partial charge in [-0.2, -0.15) is 0 Å². The van der Waals surface area contributed by atoms with Crippen LogP contribution in [0.3, 0.4) is 0 Å². The summed E-state index contributed by atoms with van der Waals surface area (Å²) in [7, 11) is 6.53. The van der Waals surface area contributed by atoms with E-state index < -0.39 is 5.54 Å². The normalized spacial score (nSPS) is 16.4. The van der Waals surface area contributed by atoms with Gasteiger partial charge in [0.25, 0.3) is 0 Å². The lowest BCUT2D eigenvalue weighted by atomic mass is 9.75. The van der Waals surface area contributed by atoms with Crippen molar-refractivity contribution >= 4 is 5.97 Å². The lowest BCUT2D eigenvalue weighted by Gasteiger charge is -2.41. The Balaban J connectivity index is 1.65. The number of esters is 1. The highest BCUT2D eigenvalue weighted by Crippen LogP contribution is 2.42. The summed E-state index contributed by atoms with van der Waals surface area (Å²) in [5, 5.41) is 3.75. The summed E-state index contributed by atoms with van der Waals surface area (Å²) >= 11 is 0. The summed E-state index contributed by atoms with van der Waals surface area (Å²) in [6.45, 7) is 1.03. The zero-order valence-corrected chi connectivity index (χ0v) is 22.0. The fourth-order valence-corrected chi connectivity index (χ4v) is 5.04. The third-order valence-corrected chi connectivity index (χ3v) is 6.94. The van der Waals surface area contributed by atoms with Crippen LogP contribution in [0.4, 0.5) is 0 Å². The average Bonchev–Trinajstić information content (AvgIpc) is 2.95. The van der Waals surface area contributed by atoms with Gasteiger partial charge in [0.05, 0.1) is 28.4 Å². The molecule has 0 unspecified atom stereocenters. The van der Waals surface area contributed by atoms with E-state index in [1.165, 1.54) is 5.56 Å². The minimum Gasteiger partial charge on any atom is -0.493 e. The van der Waals surface area contributed by atoms with E-state index >= 15 is 0 Å². The van der Waals surface area contributed by atoms with Crippen molar-refractivity contribution in [2.45, 2.75) is 37.8 Å². The predicted molar refractivity (Wildman–Crippen MR) is 142 cm³/mol. The first-order valence-corrected chi connectivity index (χ1v) is 12.4. The van der Waals surface area contributed by atoms with Crippen molar-refractivity contribution in [3.8, 4) is 23.0 Å². The van der Waals surface area contributed by atoms with Gasteiger partial charge in [0, 0.05) is 18.5 Å². The second kappa shape index (κ2) is 12.0. The van der Waals surface area contributed by atoms with Gasteiger partial charge in [-0.05, 0) is 65.8 Å². The van der Waals surface area contributed by atoms with E-state index in [4.69, 9.17) is 23.7 Å². The van der Waals surface area contributed by atoms with E-state index in [1.807, 2.05) is 60.7 Å². The molecule has 4 rings (SSSR count). The second-order valence-corrected chi connectivity index (χ2v) is 9.14. The molecular formula is C30H35NO6. The molecule has 0 fully saturated rings. The lowest BCUT2D eigenvalue weighted by Crippen LogP contribution is -2.49. The van der Waals surface area contributed by atoms with Gasteiger partial charge < -0.3 is 29.0 Å². The zero-order chi connectivity index (χ0) is 26.3. The Bertz CT molecular complexity index is 1210. The molecular weight excluding hydrogens is 470 g/mol. The first kappa shape index (κ1) is 26.4. The van der Waals surface area contributed by atoms with E-state index in [-0.39, 0.29) is 19.0 Å². The summed E-state index contributed by atoms with van der Waals surface area (Å²) in [5.74, 6) is 2.47. The molecule has 7 nitrogen and oxygen atoms in total. The van der Waals surface area contributed by atoms with Gasteiger partial charge in [0.2, 0.25) is 0 Å². The summed E-state index contributed by atoms with van der Waals surface area (Å²) in [5.41, 5.74) is 3.79. The molecule has 0 saturated carbocycles. The van der Waals surface area contributed by atoms with Crippen LogP contribution in [0.2, 0.25) is 0 Å². The van der Waals surface area contributed by atoms with Crippen molar-refractivity contribution in [1.82, 2.24) is 5.32 Å². The number of benzene rings is 3. The molecule has 0 bridgehead atoms. The van der Waals surface area contributed by atoms with E-state index in [0.29, 0.717) is 35.8 Å². The topological polar surface area (TPSA) is 75.3 Å². The van der Waals surface area contributed by atoms with Gasteiger partial charge in [-0.3, -0.25) is 4.79 Å². The number of carbonyl (C=O) groups is 1. The maximum Gasteiger partial charge on any atom is 0.306 e. The van der Waals surface area contributed by atoms with Crippen LogP contribution in [0, 0.1) is 0 Å². The molecule has 1 atom stereocenters. The van der Waals surface area contributed by atoms with Crippen LogP contribution in [0.15, 0.2) is 60.7 Å². The SMILES string of the molecule is COc1ccc(C[C@@]2(CCC(=O)OCc3ccccc3)NCCc3cc(OC)c(OC)cc32)cc1OC. The van der Waals surface area contributed by atoms with Crippen LogP contribution in [-0.2, 0) is 34.5 Å². The van der Waals surface area contributed by atoms with Crippen LogP contribution in [-0.4, -0.2) is 41.0 Å². The fraction of sp³-hybridized carbons (Fsp3) is 0.367. The minimum absolute atomic E-state index is 0.232. The van der Waals surface area contributed by atoms with Gasteiger partial charge in [0.15, 0.2) is 23.0 Å². The molecule has 37 heavy (non-hydrogen) atoms. The van der Waals surface area contributed by atoms with Crippen LogP contribution in [0.1, 0.15) is 35.1 Å². The highest BCUT2D eigenvalue weighted by Gasteiger charge is 2.38. The van der Waals surface area contributed by atoms with Crippen molar-refractivity contribution < 1.29 is 28.5 Å². The van der Waals surface area contributed by atoms with Gasteiger partial charge in [0.1, 0.15) is 6.61 Å². The fourth-order valence-electron chi connectivity index (χ4n) is 5.04. The molecule has 7 heteroatoms. The highest BCUT2D eigenvalue weighted by atomic mass is 16.5. The third kappa shape index (κ3) is 6.00. The first-order valence-electron chi connectivity index (χ1n) is 12.4. The molecule has 0 saturated heterocycles. The third-order valence-electron chi connectivity index (χ3n) is 6.94. The molecule has 3 aromatic carbocycles. The number of ether oxygens (including phenoxy) is 5. The van der Waals surface area contributed by atoms with Crippen LogP contribution >= 0.6 is 0 Å². The Kier molecular flexibility index (Phi) is 8.56. The predicted octanol–water partition coefficient (Wildman–Crippen LogP) is 4.83. The molecule has 0 radical (unpaired) electrons. The molecule has 3 aromatic rings. The summed E-state index contributed by atoms with van der Waals surface area (Å²) in [6, 6.07) is 19.7. The number of nitrogens with one attached hydrogen (secondary N) is 1. The molecule has 0 spiro atoms. The Morgan fingerprint density at radius 1 is 0.811 bits per heavy atom. The van der Waals surface area contributed by atoms with Gasteiger partial charge in [-0.25, -0.2) is 0 Å². The number of hydrogen-bond acceptors (Lipinski definition) is 7. The maximum atomic E-state index is 12.8. The number of fused-ring (bicyclic) bond motifs is 1. The number of carbonyl (C=O) groups excluding carboxylic acids is 1. The molecule has 1 N–H and O–H groups in total. The van der Waals surface area contributed by atoms with Crippen LogP contribution < -0.4 is 24.3 Å². The molecule has 196 valence electrons. The van der Waals surface area contributed by atoms with Crippen molar-refractivity contribution in [3.05, 3.63) is 82.9 Å². The first-order chi connectivity index (χ1) is 18.0. The molecule has 1 heterocycles. The number of methoxy groups -OCH3 is 4. The van der Waals surface area contributed by atoms with E-state index in [0.717, 1.165) is 29.7 Å². The van der Waals surface area contributed by atoms with Crippen LogP contribution in [0.5, 0.6) is 23.0 Å². The van der Waals surface area contributed by atoms with Gasteiger partial charge in [-0.1, -0.05) is 36.4 Å². The smallest absolute Gasteiger partial charge is 0.306 e. The quantitative estimate of drug-likeness (QED) is 0.374. The maximum absolute atomic E-state index is 12.8. The lowest BCUT2D eigenvalue weighted by molar-refractivity contribution is -0.145. The van der Waals surface area contributed by atoms with E-state index in [2.05, 4.69) is 5.32 Å². The van der Waals surface area contributed by atoms with E-state index in [1.54, 1.807) is 28.4 Å². The zero-order valence-electron chi connectivity index (χ0n) is 22.0. The largest absolute Gasteiger partial charge is 0.493 e. The van der Waals surface area contributed by atoms with Gasteiger partial charge >= 0.3 is 5.97 Å². The molecule has 0 aliphatic carbocycles. The minimum atomic E-state index is -0.515. The summed E-state index contributed by atoms with van der Waals surface area (Å²) in [4.78, 5) is 12.8. The van der Waals surface area contributed by atoms with Crippen LogP contribution in [0.25, 0.3) is 0 Å². The highest BCUT2D eigenvalue weighted by molar-refractivity contribution is 5.69. The summed E-state index contributed by atoms with van der Waals surface area (Å²) in [6.07, 6.45) is 2.31.